The molecule has 1 heterocycles. The standard InChI is InChI=1S/C12H10N2O6/c1-19-9(15)6-13-10-7-4-2-3-5-8(7)20-12(16)11(10)14(17)18/h2-5,13H,6H2,1H3. The fourth-order valence-corrected chi connectivity index (χ4v) is 1.72. The van der Waals surface area contributed by atoms with E-state index in [-0.39, 0.29) is 17.8 Å². The van der Waals surface area contributed by atoms with Crippen LogP contribution >= 0.6 is 0 Å². The lowest BCUT2D eigenvalue weighted by Crippen LogP contribution is -2.18. The summed E-state index contributed by atoms with van der Waals surface area (Å²) < 4.78 is 9.32. The van der Waals surface area contributed by atoms with E-state index in [9.17, 15) is 19.7 Å². The summed E-state index contributed by atoms with van der Waals surface area (Å²) in [6.45, 7) is -0.301. The Bertz CT molecular complexity index is 736. The SMILES string of the molecule is COC(=O)CNc1c([N+](=O)[O-])c(=O)oc2ccccc12. The number of nitrogens with one attached hydrogen (secondary N) is 1. The van der Waals surface area contributed by atoms with Gasteiger partial charge in [-0.25, -0.2) is 4.79 Å². The molecular formula is C12H10N2O6. The maximum Gasteiger partial charge on any atom is 0.417 e. The zero-order valence-electron chi connectivity index (χ0n) is 10.4. The molecule has 2 rings (SSSR count). The molecule has 0 amide bonds. The monoisotopic (exact) mass is 278 g/mol. The number of methoxy groups -OCH3 is 1. The minimum atomic E-state index is -1.08. The van der Waals surface area contributed by atoms with Crippen LogP contribution in [-0.4, -0.2) is 24.5 Å². The quantitative estimate of drug-likeness (QED) is 0.388. The van der Waals surface area contributed by atoms with Gasteiger partial charge >= 0.3 is 17.3 Å². The zero-order valence-corrected chi connectivity index (χ0v) is 10.4. The summed E-state index contributed by atoms with van der Waals surface area (Å²) in [6, 6.07) is 6.31. The van der Waals surface area contributed by atoms with E-state index in [1.807, 2.05) is 0 Å². The van der Waals surface area contributed by atoms with E-state index in [1.165, 1.54) is 13.2 Å². The van der Waals surface area contributed by atoms with Gasteiger partial charge in [-0.2, -0.15) is 0 Å². The number of anilines is 1. The van der Waals surface area contributed by atoms with Crippen molar-refractivity contribution in [3.8, 4) is 0 Å². The summed E-state index contributed by atoms with van der Waals surface area (Å²) in [5, 5.41) is 13.9. The van der Waals surface area contributed by atoms with Crippen molar-refractivity contribution in [3.63, 3.8) is 0 Å². The molecule has 0 saturated carbocycles. The molecule has 20 heavy (non-hydrogen) atoms. The summed E-state index contributed by atoms with van der Waals surface area (Å²) in [5.74, 6) is -0.614. The van der Waals surface area contributed by atoms with Crippen molar-refractivity contribution in [3.05, 3.63) is 44.8 Å². The fourth-order valence-electron chi connectivity index (χ4n) is 1.72. The second-order valence-electron chi connectivity index (χ2n) is 3.80. The van der Waals surface area contributed by atoms with Gasteiger partial charge in [0, 0.05) is 5.39 Å². The number of carbonyl (C=O) groups is 1. The summed E-state index contributed by atoms with van der Waals surface area (Å²) in [6.07, 6.45) is 0. The van der Waals surface area contributed by atoms with Crippen molar-refractivity contribution in [2.75, 3.05) is 19.0 Å². The Morgan fingerprint density at radius 2 is 2.15 bits per heavy atom. The zero-order chi connectivity index (χ0) is 14.7. The molecule has 1 aromatic carbocycles. The molecule has 0 spiro atoms. The van der Waals surface area contributed by atoms with Crippen LogP contribution in [0.2, 0.25) is 0 Å². The average Bonchev–Trinajstić information content (AvgIpc) is 2.43. The molecule has 8 nitrogen and oxygen atoms in total. The number of rotatable bonds is 4. The van der Waals surface area contributed by atoms with Crippen molar-refractivity contribution in [1.82, 2.24) is 0 Å². The predicted molar refractivity (Wildman–Crippen MR) is 69.6 cm³/mol. The number of nitro groups is 1. The van der Waals surface area contributed by atoms with Crippen LogP contribution in [0.4, 0.5) is 11.4 Å². The van der Waals surface area contributed by atoms with Crippen LogP contribution < -0.4 is 10.9 Å². The van der Waals surface area contributed by atoms with Gasteiger partial charge in [-0.1, -0.05) is 12.1 Å². The topological polar surface area (TPSA) is 112 Å². The number of fused-ring (bicyclic) bond motifs is 1. The van der Waals surface area contributed by atoms with Gasteiger partial charge in [0.1, 0.15) is 17.8 Å². The first kappa shape index (κ1) is 13.5. The van der Waals surface area contributed by atoms with E-state index in [4.69, 9.17) is 4.42 Å². The van der Waals surface area contributed by atoms with E-state index in [1.54, 1.807) is 18.2 Å². The molecule has 2 aromatic rings. The molecule has 0 radical (unpaired) electrons. The number of nitrogens with zero attached hydrogens (tertiary/aromatic N) is 1. The van der Waals surface area contributed by atoms with Gasteiger partial charge in [0.05, 0.1) is 12.0 Å². The molecule has 0 saturated heterocycles. The summed E-state index contributed by atoms with van der Waals surface area (Å²) in [4.78, 5) is 32.9. The van der Waals surface area contributed by atoms with E-state index in [0.29, 0.717) is 5.39 Å². The molecule has 1 aromatic heterocycles. The molecule has 0 atom stereocenters. The lowest BCUT2D eigenvalue weighted by molar-refractivity contribution is -0.386. The first-order valence-electron chi connectivity index (χ1n) is 5.55. The number of hydrogen-bond acceptors (Lipinski definition) is 7. The number of esters is 1. The van der Waals surface area contributed by atoms with E-state index in [0.717, 1.165) is 0 Å². The van der Waals surface area contributed by atoms with E-state index in [2.05, 4.69) is 10.1 Å². The molecule has 0 fully saturated rings. The molecule has 0 aliphatic heterocycles. The van der Waals surface area contributed by atoms with Gasteiger partial charge in [0.25, 0.3) is 0 Å². The molecular weight excluding hydrogens is 268 g/mol. The molecule has 0 unspecified atom stereocenters. The Labute approximate surface area is 112 Å². The second kappa shape index (κ2) is 5.39. The Balaban J connectivity index is 2.63. The van der Waals surface area contributed by atoms with Crippen LogP contribution in [0, 0.1) is 10.1 Å². The summed E-state index contributed by atoms with van der Waals surface area (Å²) in [5.41, 5.74) is -1.70. The Morgan fingerprint density at radius 3 is 2.80 bits per heavy atom. The molecule has 0 bridgehead atoms. The third-order valence-corrected chi connectivity index (χ3v) is 2.61. The molecule has 0 aliphatic carbocycles. The van der Waals surface area contributed by atoms with Crippen molar-refractivity contribution in [1.29, 1.82) is 0 Å². The third-order valence-electron chi connectivity index (χ3n) is 2.61. The summed E-state index contributed by atoms with van der Waals surface area (Å²) in [7, 11) is 1.19. The molecule has 0 aliphatic rings. The smallest absolute Gasteiger partial charge is 0.417 e. The molecule has 8 heteroatoms. The van der Waals surface area contributed by atoms with Gasteiger partial charge in [0.15, 0.2) is 0 Å². The highest BCUT2D eigenvalue weighted by Gasteiger charge is 2.24. The average molecular weight is 278 g/mol. The van der Waals surface area contributed by atoms with Gasteiger partial charge in [-0.15, -0.1) is 0 Å². The Kier molecular flexibility index (Phi) is 3.65. The number of carbonyl (C=O) groups excluding carboxylic acids is 1. The summed E-state index contributed by atoms with van der Waals surface area (Å²) >= 11 is 0. The van der Waals surface area contributed by atoms with E-state index >= 15 is 0 Å². The number of benzene rings is 1. The second-order valence-corrected chi connectivity index (χ2v) is 3.80. The Hall–Kier alpha value is -2.90. The van der Waals surface area contributed by atoms with Gasteiger partial charge in [-0.3, -0.25) is 14.9 Å². The first-order valence-corrected chi connectivity index (χ1v) is 5.55. The minimum absolute atomic E-state index is 0.0627. The third kappa shape index (κ3) is 2.44. The van der Waals surface area contributed by atoms with E-state index < -0.39 is 22.2 Å². The normalized spacial score (nSPS) is 10.2. The van der Waals surface area contributed by atoms with Crippen LogP contribution in [0.5, 0.6) is 0 Å². The molecule has 104 valence electrons. The van der Waals surface area contributed by atoms with Gasteiger partial charge in [0.2, 0.25) is 0 Å². The number of para-hydroxylation sites is 1. The van der Waals surface area contributed by atoms with Crippen LogP contribution in [0.15, 0.2) is 33.5 Å². The van der Waals surface area contributed by atoms with Crippen molar-refractivity contribution < 1.29 is 18.9 Å². The highest BCUT2D eigenvalue weighted by Crippen LogP contribution is 2.29. The van der Waals surface area contributed by atoms with Crippen LogP contribution in [-0.2, 0) is 9.53 Å². The lowest BCUT2D eigenvalue weighted by Gasteiger charge is -2.08. The van der Waals surface area contributed by atoms with Gasteiger partial charge < -0.3 is 14.5 Å². The molecule has 1 N–H and O–H groups in total. The van der Waals surface area contributed by atoms with Crippen LogP contribution in [0.25, 0.3) is 11.0 Å². The van der Waals surface area contributed by atoms with Crippen LogP contribution in [0.3, 0.4) is 0 Å². The first-order chi connectivity index (χ1) is 9.54. The van der Waals surface area contributed by atoms with Crippen molar-refractivity contribution in [2.45, 2.75) is 0 Å². The Morgan fingerprint density at radius 1 is 1.45 bits per heavy atom. The predicted octanol–water partition coefficient (Wildman–Crippen LogP) is 1.29. The van der Waals surface area contributed by atoms with Crippen molar-refractivity contribution in [2.24, 2.45) is 0 Å². The van der Waals surface area contributed by atoms with Gasteiger partial charge in [-0.05, 0) is 12.1 Å². The minimum Gasteiger partial charge on any atom is -0.468 e. The maximum atomic E-state index is 11.6. The highest BCUT2D eigenvalue weighted by atomic mass is 16.6. The largest absolute Gasteiger partial charge is 0.468 e. The fraction of sp³-hybridized carbons (Fsp3) is 0.167. The highest BCUT2D eigenvalue weighted by molar-refractivity contribution is 5.95. The number of ether oxygens (including phenoxy) is 1. The maximum absolute atomic E-state index is 11.6. The van der Waals surface area contributed by atoms with Crippen molar-refractivity contribution >= 4 is 28.3 Å². The van der Waals surface area contributed by atoms with Crippen LogP contribution in [0.1, 0.15) is 0 Å². The number of hydrogen-bond donors (Lipinski definition) is 1. The lowest BCUT2D eigenvalue weighted by atomic mass is 10.2.